The lowest BCUT2D eigenvalue weighted by Crippen LogP contribution is -2.48. The van der Waals surface area contributed by atoms with Gasteiger partial charge < -0.3 is 14.9 Å². The molecular weight excluding hydrogens is 198 g/mol. The molecule has 1 rings (SSSR count). The van der Waals surface area contributed by atoms with Crippen LogP contribution in [0.1, 0.15) is 13.8 Å². The van der Waals surface area contributed by atoms with E-state index in [4.69, 9.17) is 0 Å². The average molecular weight is 217 g/mol. The van der Waals surface area contributed by atoms with Crippen molar-refractivity contribution in [2.24, 2.45) is 5.92 Å². The summed E-state index contributed by atoms with van der Waals surface area (Å²) in [5.41, 5.74) is -1.11. The van der Waals surface area contributed by atoms with Gasteiger partial charge in [0.15, 0.2) is 0 Å². The van der Waals surface area contributed by atoms with E-state index in [1.165, 1.54) is 7.11 Å². The van der Waals surface area contributed by atoms with Crippen molar-refractivity contribution in [1.82, 2.24) is 4.90 Å². The Morgan fingerprint density at radius 3 is 2.47 bits per heavy atom. The lowest BCUT2D eigenvalue weighted by Gasteiger charge is -2.32. The number of likely N-dealkylation sites (N-methyl/N-ethyl adjacent to an activating group) is 1. The van der Waals surface area contributed by atoms with Crippen molar-refractivity contribution < 1.29 is 19.7 Å². The molecule has 1 fully saturated rings. The fraction of sp³-hybridized carbons (Fsp3) is 0.900. The van der Waals surface area contributed by atoms with Gasteiger partial charge in [0.2, 0.25) is 0 Å². The fourth-order valence-electron chi connectivity index (χ4n) is 2.31. The number of β-amino-alcohol motifs (C(OH)–C–C–N with tert-alkyl or cyclic N) is 1. The van der Waals surface area contributed by atoms with Crippen molar-refractivity contribution in [1.29, 1.82) is 0 Å². The first-order valence-corrected chi connectivity index (χ1v) is 4.97. The lowest BCUT2D eigenvalue weighted by molar-refractivity contribution is -0.151. The lowest BCUT2D eigenvalue weighted by atomic mass is 9.83. The zero-order chi connectivity index (χ0) is 11.8. The smallest absolute Gasteiger partial charge is 0.323 e. The number of aliphatic hydroxyl groups is 2. The van der Waals surface area contributed by atoms with Gasteiger partial charge in [-0.2, -0.15) is 0 Å². The normalized spacial score (nSPS) is 33.1. The number of methoxy groups -OCH3 is 1. The van der Waals surface area contributed by atoms with E-state index in [0.29, 0.717) is 6.54 Å². The molecule has 0 saturated carbocycles. The maximum Gasteiger partial charge on any atom is 0.323 e. The van der Waals surface area contributed by atoms with E-state index in [1.54, 1.807) is 25.8 Å². The molecule has 5 nitrogen and oxygen atoms in total. The maximum absolute atomic E-state index is 11.5. The summed E-state index contributed by atoms with van der Waals surface area (Å²) < 4.78 is 4.68. The Hall–Kier alpha value is -0.650. The summed E-state index contributed by atoms with van der Waals surface area (Å²) in [6.07, 6.45) is -0.709. The topological polar surface area (TPSA) is 70.0 Å². The molecule has 0 aromatic carbocycles. The van der Waals surface area contributed by atoms with E-state index in [0.717, 1.165) is 0 Å². The first-order valence-electron chi connectivity index (χ1n) is 4.97. The summed E-state index contributed by atoms with van der Waals surface area (Å²) in [5.74, 6) is -0.934. The van der Waals surface area contributed by atoms with Gasteiger partial charge in [-0.25, -0.2) is 0 Å². The standard InChI is InChI=1S/C10H19NO4/c1-10(2,14)7-6(12)5-11(3)8(7)9(13)15-4/h6-8,12,14H,5H2,1-4H3/t6-,7+,8+/m1/s1. The predicted octanol–water partition coefficient (Wildman–Crippen LogP) is -0.779. The van der Waals surface area contributed by atoms with Crippen LogP contribution < -0.4 is 0 Å². The van der Waals surface area contributed by atoms with Crippen molar-refractivity contribution in [3.05, 3.63) is 0 Å². The highest BCUT2D eigenvalue weighted by atomic mass is 16.5. The Kier molecular flexibility index (Phi) is 3.38. The summed E-state index contributed by atoms with van der Waals surface area (Å²) >= 11 is 0. The molecule has 0 unspecified atom stereocenters. The first-order chi connectivity index (χ1) is 6.79. The van der Waals surface area contributed by atoms with E-state index in [2.05, 4.69) is 4.74 Å². The highest BCUT2D eigenvalue weighted by Crippen LogP contribution is 2.33. The van der Waals surface area contributed by atoms with Gasteiger partial charge in [0, 0.05) is 12.5 Å². The van der Waals surface area contributed by atoms with Crippen molar-refractivity contribution in [3.63, 3.8) is 0 Å². The minimum atomic E-state index is -1.11. The highest BCUT2D eigenvalue weighted by Gasteiger charge is 2.50. The van der Waals surface area contributed by atoms with Crippen LogP contribution in [0.4, 0.5) is 0 Å². The number of hydrogen-bond acceptors (Lipinski definition) is 5. The van der Waals surface area contributed by atoms with Gasteiger partial charge >= 0.3 is 5.97 Å². The van der Waals surface area contributed by atoms with Crippen LogP contribution in [0.2, 0.25) is 0 Å². The minimum Gasteiger partial charge on any atom is -0.468 e. The second kappa shape index (κ2) is 4.08. The van der Waals surface area contributed by atoms with Gasteiger partial charge in [0.1, 0.15) is 6.04 Å². The van der Waals surface area contributed by atoms with Crippen LogP contribution in [0, 0.1) is 5.92 Å². The quantitative estimate of drug-likeness (QED) is 0.594. The van der Waals surface area contributed by atoms with E-state index in [1.807, 2.05) is 0 Å². The monoisotopic (exact) mass is 217 g/mol. The van der Waals surface area contributed by atoms with Crippen LogP contribution >= 0.6 is 0 Å². The van der Waals surface area contributed by atoms with E-state index >= 15 is 0 Å². The number of hydrogen-bond donors (Lipinski definition) is 2. The number of carbonyl (C=O) groups is 1. The van der Waals surface area contributed by atoms with Gasteiger partial charge in [0.05, 0.1) is 18.8 Å². The largest absolute Gasteiger partial charge is 0.468 e. The number of esters is 1. The molecule has 1 saturated heterocycles. The Morgan fingerprint density at radius 2 is 2.07 bits per heavy atom. The van der Waals surface area contributed by atoms with Crippen molar-refractivity contribution in [2.45, 2.75) is 31.6 Å². The van der Waals surface area contributed by atoms with Gasteiger partial charge in [-0.05, 0) is 20.9 Å². The summed E-state index contributed by atoms with van der Waals surface area (Å²) in [6, 6.07) is -0.579. The van der Waals surface area contributed by atoms with E-state index in [-0.39, 0.29) is 0 Å². The molecule has 0 amide bonds. The van der Waals surface area contributed by atoms with Crippen LogP contribution in [-0.2, 0) is 9.53 Å². The zero-order valence-corrected chi connectivity index (χ0v) is 9.60. The van der Waals surface area contributed by atoms with Crippen molar-refractivity contribution in [2.75, 3.05) is 20.7 Å². The van der Waals surface area contributed by atoms with Crippen LogP contribution in [0.25, 0.3) is 0 Å². The molecule has 0 spiro atoms. The molecule has 0 radical (unpaired) electrons. The molecule has 1 heterocycles. The molecule has 0 aliphatic carbocycles. The number of likely N-dealkylation sites (tertiary alicyclic amines) is 1. The summed E-state index contributed by atoms with van der Waals surface area (Å²) in [7, 11) is 3.04. The van der Waals surface area contributed by atoms with Crippen LogP contribution in [0.15, 0.2) is 0 Å². The van der Waals surface area contributed by atoms with Gasteiger partial charge in [0.25, 0.3) is 0 Å². The van der Waals surface area contributed by atoms with E-state index in [9.17, 15) is 15.0 Å². The third-order valence-electron chi connectivity index (χ3n) is 2.96. The van der Waals surface area contributed by atoms with Gasteiger partial charge in [-0.15, -0.1) is 0 Å². The fourth-order valence-corrected chi connectivity index (χ4v) is 2.31. The summed E-state index contributed by atoms with van der Waals surface area (Å²) in [4.78, 5) is 13.2. The second-order valence-corrected chi connectivity index (χ2v) is 4.65. The molecule has 5 heteroatoms. The Labute approximate surface area is 89.6 Å². The third-order valence-corrected chi connectivity index (χ3v) is 2.96. The Morgan fingerprint density at radius 1 is 1.53 bits per heavy atom. The van der Waals surface area contributed by atoms with Crippen LogP contribution in [0.3, 0.4) is 0 Å². The number of nitrogens with zero attached hydrogens (tertiary/aromatic N) is 1. The molecule has 0 bridgehead atoms. The number of rotatable bonds is 2. The molecule has 88 valence electrons. The third kappa shape index (κ3) is 2.30. The van der Waals surface area contributed by atoms with Crippen LogP contribution in [0.5, 0.6) is 0 Å². The Bertz CT molecular complexity index is 248. The molecular formula is C10H19NO4. The number of carbonyl (C=O) groups excluding carboxylic acids is 1. The van der Waals surface area contributed by atoms with Gasteiger partial charge in [-0.3, -0.25) is 9.69 Å². The average Bonchev–Trinajstić information content (AvgIpc) is 2.38. The van der Waals surface area contributed by atoms with Crippen molar-refractivity contribution >= 4 is 5.97 Å². The van der Waals surface area contributed by atoms with Gasteiger partial charge in [-0.1, -0.05) is 0 Å². The number of ether oxygens (including phenoxy) is 1. The number of aliphatic hydroxyl groups excluding tert-OH is 1. The summed E-state index contributed by atoms with van der Waals surface area (Å²) in [5, 5.41) is 19.7. The molecule has 2 N–H and O–H groups in total. The summed E-state index contributed by atoms with van der Waals surface area (Å²) in [6.45, 7) is 3.56. The van der Waals surface area contributed by atoms with Crippen LogP contribution in [-0.4, -0.2) is 59.5 Å². The molecule has 0 aromatic rings. The highest BCUT2D eigenvalue weighted by molar-refractivity contribution is 5.76. The molecule has 3 atom stereocenters. The predicted molar refractivity (Wildman–Crippen MR) is 54.2 cm³/mol. The molecule has 0 aromatic heterocycles. The van der Waals surface area contributed by atoms with Crippen molar-refractivity contribution in [3.8, 4) is 0 Å². The zero-order valence-electron chi connectivity index (χ0n) is 9.60. The Balaban J connectivity index is 2.95. The molecule has 1 aliphatic rings. The molecule has 15 heavy (non-hydrogen) atoms. The SMILES string of the molecule is COC(=O)[C@@H]1[C@@H](C(C)(C)O)[C@H](O)CN1C. The first kappa shape index (κ1) is 12.4. The second-order valence-electron chi connectivity index (χ2n) is 4.65. The van der Waals surface area contributed by atoms with E-state index < -0.39 is 29.6 Å². The minimum absolute atomic E-state index is 0.369. The molecule has 1 aliphatic heterocycles. The maximum atomic E-state index is 11.5.